The van der Waals surface area contributed by atoms with Gasteiger partial charge in [-0.05, 0) is 111 Å². The van der Waals surface area contributed by atoms with Gasteiger partial charge in [0.05, 0.1) is 24.2 Å². The van der Waals surface area contributed by atoms with Crippen molar-refractivity contribution < 1.29 is 27.4 Å². The summed E-state index contributed by atoms with van der Waals surface area (Å²) in [5.74, 6) is 0.452. The molecule has 2 aromatic carbocycles. The number of fused-ring (bicyclic) bond motifs is 4. The Balaban J connectivity index is 1.27. The van der Waals surface area contributed by atoms with Gasteiger partial charge in [-0.3, -0.25) is 14.6 Å². The molecule has 4 aliphatic heterocycles. The van der Waals surface area contributed by atoms with Crippen LogP contribution in [0.25, 0.3) is 0 Å². The van der Waals surface area contributed by atoms with Crippen LogP contribution in [-0.4, -0.2) is 107 Å². The summed E-state index contributed by atoms with van der Waals surface area (Å²) < 4.78 is 49.4. The predicted molar refractivity (Wildman–Crippen MR) is 214 cm³/mol. The summed E-state index contributed by atoms with van der Waals surface area (Å²) >= 11 is 6.42. The Bertz CT molecular complexity index is 1770. The van der Waals surface area contributed by atoms with E-state index in [1.807, 2.05) is 37.3 Å². The molecule has 2 aromatic rings. The Hall–Kier alpha value is -2.67. The molecule has 2 saturated heterocycles. The molecule has 6 atom stereocenters. The number of hydrogen-bond acceptors (Lipinski definition) is 9. The van der Waals surface area contributed by atoms with Crippen molar-refractivity contribution in [3.05, 3.63) is 70.3 Å². The van der Waals surface area contributed by atoms with Gasteiger partial charge >= 0.3 is 0 Å². The van der Waals surface area contributed by atoms with Crippen molar-refractivity contribution in [1.82, 2.24) is 14.5 Å². The highest BCUT2D eigenvalue weighted by atomic mass is 35.5. The normalized spacial score (nSPS) is 31.7. The van der Waals surface area contributed by atoms with Gasteiger partial charge in [0.25, 0.3) is 5.91 Å². The number of hydrogen-bond donors (Lipinski definition) is 1. The standard InChI is InChI=1S/C42H59ClN4O6S/c1-4-21-53-42(29-45-18-19-46-20-22-51-28-37(46)26-45)16-7-8-30(2)31(3)54(49,50)44-41(48)33-12-15-40-39(24-33)47(25-34-11-14-38(34)42)17-6-5-9-32-23-36(43)13-10-35(32)27-52-40/h7,10,12-13,15-16,23-24,30-31,34,37-38H,4-6,8-9,11,14,17-22,25-29H2,1-3H3,(H,44,48)/b16-7+/t30-,31+,34-,37-,38-,42-/m0/s1. The van der Waals surface area contributed by atoms with E-state index >= 15 is 0 Å². The third-order valence-electron chi connectivity index (χ3n) is 12.7. The average Bonchev–Trinajstić information content (AvgIpc) is 3.17. The molecule has 0 spiro atoms. The van der Waals surface area contributed by atoms with Gasteiger partial charge in [0, 0.05) is 69.0 Å². The van der Waals surface area contributed by atoms with Gasteiger partial charge in [-0.25, -0.2) is 13.1 Å². The number of benzene rings is 2. The first-order valence-corrected chi connectivity index (χ1v) is 22.2. The van der Waals surface area contributed by atoms with Crippen molar-refractivity contribution in [2.75, 3.05) is 70.5 Å². The molecule has 0 radical (unpaired) electrons. The Labute approximate surface area is 327 Å². The third kappa shape index (κ3) is 8.82. The first-order valence-electron chi connectivity index (χ1n) is 20.3. The monoisotopic (exact) mass is 782 g/mol. The second kappa shape index (κ2) is 17.2. The molecule has 3 fully saturated rings. The number of piperazine rings is 1. The number of ether oxygens (including phenoxy) is 3. The number of nitrogens with zero attached hydrogens (tertiary/aromatic N) is 3. The fraction of sp³-hybridized carbons (Fsp3) is 0.643. The molecule has 296 valence electrons. The number of anilines is 1. The average molecular weight is 783 g/mol. The van der Waals surface area contributed by atoms with E-state index in [1.165, 1.54) is 5.56 Å². The number of carbonyl (C=O) groups is 1. The van der Waals surface area contributed by atoms with Gasteiger partial charge in [0.15, 0.2) is 0 Å². The number of nitrogens with one attached hydrogen (secondary N) is 1. The fourth-order valence-electron chi connectivity index (χ4n) is 9.14. The van der Waals surface area contributed by atoms with Crippen LogP contribution in [-0.2, 0) is 32.5 Å². The lowest BCUT2D eigenvalue weighted by molar-refractivity contribution is -0.124. The molecule has 1 amide bonds. The van der Waals surface area contributed by atoms with Crippen molar-refractivity contribution in [2.45, 2.75) is 89.2 Å². The Morgan fingerprint density at radius 1 is 1.02 bits per heavy atom. The Morgan fingerprint density at radius 3 is 2.70 bits per heavy atom. The Morgan fingerprint density at radius 2 is 1.89 bits per heavy atom. The maximum absolute atomic E-state index is 13.7. The summed E-state index contributed by atoms with van der Waals surface area (Å²) in [6.45, 7) is 14.7. The van der Waals surface area contributed by atoms with Crippen LogP contribution in [0.2, 0.25) is 5.02 Å². The first-order chi connectivity index (χ1) is 26.0. The summed E-state index contributed by atoms with van der Waals surface area (Å²) in [6.07, 6.45) is 10.9. The highest BCUT2D eigenvalue weighted by Gasteiger charge is 2.49. The van der Waals surface area contributed by atoms with E-state index in [9.17, 15) is 13.2 Å². The highest BCUT2D eigenvalue weighted by Crippen LogP contribution is 2.47. The van der Waals surface area contributed by atoms with E-state index in [0.29, 0.717) is 42.9 Å². The zero-order valence-electron chi connectivity index (χ0n) is 32.3. The summed E-state index contributed by atoms with van der Waals surface area (Å²) in [5.41, 5.74) is 2.88. The first kappa shape index (κ1) is 39.6. The number of amides is 1. The second-order valence-corrected chi connectivity index (χ2v) is 18.8. The minimum absolute atomic E-state index is 0.225. The van der Waals surface area contributed by atoms with Crippen LogP contribution >= 0.6 is 11.6 Å². The third-order valence-corrected chi connectivity index (χ3v) is 14.9. The summed E-state index contributed by atoms with van der Waals surface area (Å²) in [7, 11) is -3.97. The summed E-state index contributed by atoms with van der Waals surface area (Å²) in [5, 5.41) is -0.0636. The molecule has 1 N–H and O–H groups in total. The number of aryl methyl sites for hydroxylation is 1. The quantitative estimate of drug-likeness (QED) is 0.350. The molecule has 4 heterocycles. The maximum Gasteiger partial charge on any atom is 0.264 e. The minimum atomic E-state index is -3.97. The van der Waals surface area contributed by atoms with Crippen LogP contribution in [0, 0.1) is 17.8 Å². The maximum atomic E-state index is 13.7. The molecule has 12 heteroatoms. The molecule has 54 heavy (non-hydrogen) atoms. The van der Waals surface area contributed by atoms with Gasteiger partial charge in [0.1, 0.15) is 18.0 Å². The largest absolute Gasteiger partial charge is 0.487 e. The van der Waals surface area contributed by atoms with Crippen molar-refractivity contribution in [1.29, 1.82) is 0 Å². The molecular formula is C42H59ClN4O6S. The van der Waals surface area contributed by atoms with Crippen LogP contribution in [0.15, 0.2) is 48.6 Å². The van der Waals surface area contributed by atoms with Crippen LogP contribution in [0.3, 0.4) is 0 Å². The molecule has 1 aliphatic carbocycles. The molecule has 2 bridgehead atoms. The number of sulfonamides is 1. The van der Waals surface area contributed by atoms with Crippen LogP contribution < -0.4 is 14.4 Å². The SMILES string of the molecule is CCCO[C@]1(CN2CCN3CCOC[C@@H]3C2)/C=C/C[C@H](C)[C@@H](C)S(=O)(=O)NC(=O)c2ccc3c(c2)N(CCCCc2cc(Cl)ccc2CO3)C[C@@H]2CC[C@@H]21. The number of rotatable bonds is 5. The highest BCUT2D eigenvalue weighted by molar-refractivity contribution is 7.90. The van der Waals surface area contributed by atoms with Crippen molar-refractivity contribution in [3.63, 3.8) is 0 Å². The van der Waals surface area contributed by atoms with Crippen LogP contribution in [0.5, 0.6) is 5.75 Å². The lowest BCUT2D eigenvalue weighted by Gasteiger charge is -2.53. The van der Waals surface area contributed by atoms with Gasteiger partial charge in [-0.2, -0.15) is 0 Å². The zero-order valence-corrected chi connectivity index (χ0v) is 33.9. The van der Waals surface area contributed by atoms with Gasteiger partial charge in [-0.1, -0.05) is 43.7 Å². The second-order valence-electron chi connectivity index (χ2n) is 16.3. The number of halogens is 1. The fourth-order valence-corrected chi connectivity index (χ4v) is 10.6. The molecule has 0 unspecified atom stereocenters. The number of allylic oxidation sites excluding steroid dienone is 1. The van der Waals surface area contributed by atoms with Crippen LogP contribution in [0.4, 0.5) is 5.69 Å². The van der Waals surface area contributed by atoms with E-state index in [0.717, 1.165) is 114 Å². The van der Waals surface area contributed by atoms with Gasteiger partial charge in [0.2, 0.25) is 10.0 Å². The zero-order chi connectivity index (χ0) is 37.9. The van der Waals surface area contributed by atoms with Crippen molar-refractivity contribution >= 4 is 33.2 Å². The predicted octanol–water partition coefficient (Wildman–Crippen LogP) is 6.31. The van der Waals surface area contributed by atoms with E-state index in [4.69, 9.17) is 25.8 Å². The smallest absolute Gasteiger partial charge is 0.264 e. The Kier molecular flexibility index (Phi) is 12.6. The number of carbonyl (C=O) groups excluding carboxylic acids is 1. The van der Waals surface area contributed by atoms with Gasteiger partial charge < -0.3 is 19.1 Å². The lowest BCUT2D eigenvalue weighted by atomic mass is 9.63. The van der Waals surface area contributed by atoms with Crippen molar-refractivity contribution in [3.8, 4) is 5.75 Å². The molecular weight excluding hydrogens is 724 g/mol. The molecule has 7 rings (SSSR count). The number of morpholine rings is 1. The van der Waals surface area contributed by atoms with Gasteiger partial charge in [-0.15, -0.1) is 0 Å². The molecule has 1 saturated carbocycles. The van der Waals surface area contributed by atoms with E-state index in [2.05, 4.69) is 38.5 Å². The minimum Gasteiger partial charge on any atom is -0.487 e. The van der Waals surface area contributed by atoms with E-state index in [-0.39, 0.29) is 11.8 Å². The molecule has 10 nitrogen and oxygen atoms in total. The lowest BCUT2D eigenvalue weighted by Crippen LogP contribution is -2.62. The summed E-state index contributed by atoms with van der Waals surface area (Å²) in [6, 6.07) is 11.7. The van der Waals surface area contributed by atoms with E-state index in [1.54, 1.807) is 13.0 Å². The molecule has 0 aromatic heterocycles. The van der Waals surface area contributed by atoms with Crippen LogP contribution in [0.1, 0.15) is 80.8 Å². The summed E-state index contributed by atoms with van der Waals surface area (Å²) in [4.78, 5) is 21.2. The van der Waals surface area contributed by atoms with E-state index < -0.39 is 26.8 Å². The van der Waals surface area contributed by atoms with Crippen molar-refractivity contribution in [2.24, 2.45) is 17.8 Å². The molecule has 5 aliphatic rings. The topological polar surface area (TPSA) is 101 Å².